The number of likely N-dealkylation sites (tertiary alicyclic amines) is 1. The van der Waals surface area contributed by atoms with Crippen LogP contribution in [0.2, 0.25) is 0 Å². The Morgan fingerprint density at radius 3 is 2.10 bits per heavy atom. The number of rotatable bonds is 5. The number of amides is 1. The number of phenolic OH excluding ortho intramolecular Hbond substituents is 1. The van der Waals surface area contributed by atoms with Gasteiger partial charge in [-0.15, -0.1) is 0 Å². The third kappa shape index (κ3) is 5.22. The molecule has 0 atom stereocenters. The SMILES string of the molecule is O=C(c1ccc(O)cc1)C1CCN(CC(=O)N2CCN(c3ccc(F)cc3)CC2)CC1. The summed E-state index contributed by atoms with van der Waals surface area (Å²) in [6.07, 6.45) is 1.48. The highest BCUT2D eigenvalue weighted by Gasteiger charge is 2.28. The number of carbonyl (C=O) groups excluding carboxylic acids is 2. The van der Waals surface area contributed by atoms with Crippen molar-refractivity contribution < 1.29 is 19.1 Å². The molecule has 2 aliphatic heterocycles. The van der Waals surface area contributed by atoms with Crippen LogP contribution in [0.3, 0.4) is 0 Å². The van der Waals surface area contributed by atoms with Gasteiger partial charge in [0, 0.05) is 43.3 Å². The van der Waals surface area contributed by atoms with E-state index in [4.69, 9.17) is 0 Å². The minimum absolute atomic E-state index is 0.0323. The first kappa shape index (κ1) is 21.3. The van der Waals surface area contributed by atoms with E-state index in [1.54, 1.807) is 24.3 Å². The Morgan fingerprint density at radius 1 is 0.871 bits per heavy atom. The number of Topliss-reactive ketones (excluding diaryl/α,β-unsaturated/α-hetero) is 1. The van der Waals surface area contributed by atoms with E-state index in [0.717, 1.165) is 44.7 Å². The van der Waals surface area contributed by atoms with Crippen molar-refractivity contribution in [1.29, 1.82) is 0 Å². The first-order chi connectivity index (χ1) is 15.0. The lowest BCUT2D eigenvalue weighted by atomic mass is 9.89. The highest BCUT2D eigenvalue weighted by Crippen LogP contribution is 2.23. The van der Waals surface area contributed by atoms with Gasteiger partial charge in [-0.1, -0.05) is 0 Å². The zero-order valence-electron chi connectivity index (χ0n) is 17.5. The van der Waals surface area contributed by atoms with E-state index in [9.17, 15) is 19.1 Å². The fraction of sp³-hybridized carbons (Fsp3) is 0.417. The maximum atomic E-state index is 13.1. The Kier molecular flexibility index (Phi) is 6.51. The van der Waals surface area contributed by atoms with Crippen LogP contribution in [0.1, 0.15) is 23.2 Å². The smallest absolute Gasteiger partial charge is 0.236 e. The van der Waals surface area contributed by atoms with Gasteiger partial charge in [0.2, 0.25) is 5.91 Å². The van der Waals surface area contributed by atoms with Gasteiger partial charge in [-0.25, -0.2) is 4.39 Å². The van der Waals surface area contributed by atoms with Gasteiger partial charge in [0.15, 0.2) is 5.78 Å². The van der Waals surface area contributed by atoms with Crippen molar-refractivity contribution in [2.24, 2.45) is 5.92 Å². The summed E-state index contributed by atoms with van der Waals surface area (Å²) in [6.45, 7) is 4.64. The Balaban J connectivity index is 1.22. The lowest BCUT2D eigenvalue weighted by molar-refractivity contribution is -0.133. The van der Waals surface area contributed by atoms with E-state index in [1.165, 1.54) is 24.3 Å². The first-order valence-electron chi connectivity index (χ1n) is 10.8. The number of halogens is 1. The van der Waals surface area contributed by atoms with Crippen LogP contribution >= 0.6 is 0 Å². The number of piperidine rings is 1. The summed E-state index contributed by atoms with van der Waals surface area (Å²) in [4.78, 5) is 31.6. The molecule has 0 saturated carbocycles. The molecule has 0 aliphatic carbocycles. The quantitative estimate of drug-likeness (QED) is 0.747. The van der Waals surface area contributed by atoms with Gasteiger partial charge >= 0.3 is 0 Å². The lowest BCUT2D eigenvalue weighted by Crippen LogP contribution is -2.52. The van der Waals surface area contributed by atoms with Crippen LogP contribution < -0.4 is 4.90 Å². The van der Waals surface area contributed by atoms with Crippen LogP contribution in [0.15, 0.2) is 48.5 Å². The van der Waals surface area contributed by atoms with Gasteiger partial charge in [0.25, 0.3) is 0 Å². The predicted octanol–water partition coefficient (Wildman–Crippen LogP) is 2.77. The maximum absolute atomic E-state index is 13.1. The summed E-state index contributed by atoms with van der Waals surface area (Å²) in [5, 5.41) is 9.39. The molecule has 31 heavy (non-hydrogen) atoms. The molecule has 0 spiro atoms. The highest BCUT2D eigenvalue weighted by atomic mass is 19.1. The van der Waals surface area contributed by atoms with Crippen LogP contribution in [0.5, 0.6) is 5.75 Å². The number of hydrogen-bond acceptors (Lipinski definition) is 5. The van der Waals surface area contributed by atoms with Gasteiger partial charge < -0.3 is 14.9 Å². The van der Waals surface area contributed by atoms with Crippen molar-refractivity contribution in [2.45, 2.75) is 12.8 Å². The molecule has 2 heterocycles. The minimum atomic E-state index is -0.244. The molecule has 2 aliphatic rings. The Labute approximate surface area is 181 Å². The van der Waals surface area contributed by atoms with Crippen LogP contribution in [0.4, 0.5) is 10.1 Å². The second kappa shape index (κ2) is 9.47. The van der Waals surface area contributed by atoms with E-state index in [1.807, 2.05) is 4.90 Å². The number of ketones is 1. The van der Waals surface area contributed by atoms with Crippen LogP contribution in [-0.4, -0.2) is 72.4 Å². The molecule has 0 aromatic heterocycles. The molecular formula is C24H28FN3O3. The molecule has 7 heteroatoms. The number of phenols is 1. The summed E-state index contributed by atoms with van der Waals surface area (Å²) in [5.74, 6) is 0.120. The first-order valence-corrected chi connectivity index (χ1v) is 10.8. The Hall–Kier alpha value is -2.93. The van der Waals surface area contributed by atoms with Gasteiger partial charge in [0.1, 0.15) is 11.6 Å². The molecule has 0 unspecified atom stereocenters. The van der Waals surface area contributed by atoms with Crippen LogP contribution in [0, 0.1) is 11.7 Å². The Morgan fingerprint density at radius 2 is 1.48 bits per heavy atom. The van der Waals surface area contributed by atoms with Crippen LogP contribution in [-0.2, 0) is 4.79 Å². The van der Waals surface area contributed by atoms with E-state index < -0.39 is 0 Å². The summed E-state index contributed by atoms with van der Waals surface area (Å²) < 4.78 is 13.1. The summed E-state index contributed by atoms with van der Waals surface area (Å²) >= 11 is 0. The second-order valence-corrected chi connectivity index (χ2v) is 8.31. The summed E-state index contributed by atoms with van der Waals surface area (Å²) in [5.41, 5.74) is 1.61. The monoisotopic (exact) mass is 425 g/mol. The van der Waals surface area contributed by atoms with Gasteiger partial charge in [-0.3, -0.25) is 14.5 Å². The lowest BCUT2D eigenvalue weighted by Gasteiger charge is -2.38. The Bertz CT molecular complexity index is 901. The summed E-state index contributed by atoms with van der Waals surface area (Å²) in [7, 11) is 0. The predicted molar refractivity (Wildman–Crippen MR) is 117 cm³/mol. The number of piperazine rings is 1. The number of aromatic hydroxyl groups is 1. The molecule has 2 saturated heterocycles. The molecule has 164 valence electrons. The van der Waals surface area contributed by atoms with Gasteiger partial charge in [-0.2, -0.15) is 0 Å². The van der Waals surface area contributed by atoms with Crippen molar-refractivity contribution >= 4 is 17.4 Å². The van der Waals surface area contributed by atoms with Crippen LogP contribution in [0.25, 0.3) is 0 Å². The third-order valence-electron chi connectivity index (χ3n) is 6.29. The van der Waals surface area contributed by atoms with E-state index in [2.05, 4.69) is 9.80 Å². The standard InChI is InChI=1S/C24H28FN3O3/c25-20-3-5-21(6-4-20)27-13-15-28(16-14-27)23(30)17-26-11-9-19(10-12-26)24(31)18-1-7-22(29)8-2-18/h1-8,19,29H,9-17H2. The zero-order valence-corrected chi connectivity index (χ0v) is 17.5. The van der Waals surface area contributed by atoms with Crippen molar-refractivity contribution in [3.8, 4) is 5.75 Å². The van der Waals surface area contributed by atoms with Gasteiger partial charge in [-0.05, 0) is 74.5 Å². The average molecular weight is 426 g/mol. The number of benzene rings is 2. The van der Waals surface area contributed by atoms with E-state index in [-0.39, 0.29) is 29.2 Å². The normalized spacial score (nSPS) is 18.2. The van der Waals surface area contributed by atoms with E-state index >= 15 is 0 Å². The van der Waals surface area contributed by atoms with Crippen molar-refractivity contribution in [3.63, 3.8) is 0 Å². The van der Waals surface area contributed by atoms with Crippen molar-refractivity contribution in [1.82, 2.24) is 9.80 Å². The molecule has 2 fully saturated rings. The zero-order chi connectivity index (χ0) is 21.8. The number of carbonyl (C=O) groups is 2. The molecule has 1 amide bonds. The molecule has 1 N–H and O–H groups in total. The molecule has 0 radical (unpaired) electrons. The average Bonchev–Trinajstić information content (AvgIpc) is 2.80. The molecule has 6 nitrogen and oxygen atoms in total. The molecule has 0 bridgehead atoms. The van der Waals surface area contributed by atoms with Gasteiger partial charge in [0.05, 0.1) is 6.54 Å². The topological polar surface area (TPSA) is 64.1 Å². The third-order valence-corrected chi connectivity index (χ3v) is 6.29. The fourth-order valence-corrected chi connectivity index (χ4v) is 4.37. The molecule has 2 aromatic carbocycles. The number of nitrogens with zero attached hydrogens (tertiary/aromatic N) is 3. The van der Waals surface area contributed by atoms with Crippen molar-refractivity contribution in [3.05, 3.63) is 59.9 Å². The molecule has 4 rings (SSSR count). The highest BCUT2D eigenvalue weighted by molar-refractivity contribution is 5.98. The number of hydrogen-bond donors (Lipinski definition) is 1. The van der Waals surface area contributed by atoms with E-state index in [0.29, 0.717) is 25.2 Å². The fourth-order valence-electron chi connectivity index (χ4n) is 4.37. The molecular weight excluding hydrogens is 397 g/mol. The maximum Gasteiger partial charge on any atom is 0.236 e. The number of anilines is 1. The second-order valence-electron chi connectivity index (χ2n) is 8.31. The summed E-state index contributed by atoms with van der Waals surface area (Å²) in [6, 6.07) is 12.9. The van der Waals surface area contributed by atoms with Crippen molar-refractivity contribution in [2.75, 3.05) is 50.7 Å². The largest absolute Gasteiger partial charge is 0.508 e. The molecule has 2 aromatic rings. The minimum Gasteiger partial charge on any atom is -0.508 e.